The van der Waals surface area contributed by atoms with Crippen LogP contribution in [-0.2, 0) is 24.2 Å². The summed E-state index contributed by atoms with van der Waals surface area (Å²) in [5.74, 6) is 0.118. The fourth-order valence-electron chi connectivity index (χ4n) is 3.66. The van der Waals surface area contributed by atoms with Gasteiger partial charge in [0.2, 0.25) is 5.91 Å². The first-order chi connectivity index (χ1) is 14.4. The van der Waals surface area contributed by atoms with E-state index in [1.165, 1.54) is 22.2 Å². The normalized spacial score (nSPS) is 16.0. The highest BCUT2D eigenvalue weighted by atomic mass is 32.2. The standard InChI is InChI=1S/C21H28N4O3S2/c1-12(2)9-10-25-19(27)17-14-5-3-4-6-15(14)30-18(17)24-21(25)29-11-16(26)23-20(28)22-13-7-8-13/h12-13H,3-11H2,1-2H3,(H2,22,23,26,28). The Kier molecular flexibility index (Phi) is 6.48. The second kappa shape index (κ2) is 9.09. The van der Waals surface area contributed by atoms with Crippen LogP contribution in [0.1, 0.15) is 56.4 Å². The van der Waals surface area contributed by atoms with E-state index in [1.54, 1.807) is 15.9 Å². The number of hydrogen-bond donors (Lipinski definition) is 2. The van der Waals surface area contributed by atoms with Crippen LogP contribution in [0.4, 0.5) is 4.79 Å². The summed E-state index contributed by atoms with van der Waals surface area (Å²) < 4.78 is 1.73. The third kappa shape index (κ3) is 4.88. The number of urea groups is 1. The fraction of sp³-hybridized carbons (Fsp3) is 0.619. The predicted octanol–water partition coefficient (Wildman–Crippen LogP) is 3.46. The number of fused-ring (bicyclic) bond motifs is 3. The number of carbonyl (C=O) groups excluding carboxylic acids is 2. The van der Waals surface area contributed by atoms with Crippen LogP contribution in [0.2, 0.25) is 0 Å². The molecule has 2 aliphatic carbocycles. The fourth-order valence-corrected chi connectivity index (χ4v) is 5.78. The molecule has 1 saturated carbocycles. The van der Waals surface area contributed by atoms with Crippen molar-refractivity contribution in [1.29, 1.82) is 0 Å². The lowest BCUT2D eigenvalue weighted by atomic mass is 9.97. The lowest BCUT2D eigenvalue weighted by Crippen LogP contribution is -2.41. The Labute approximate surface area is 184 Å². The molecule has 4 rings (SSSR count). The molecule has 0 aromatic carbocycles. The lowest BCUT2D eigenvalue weighted by molar-refractivity contribution is -0.117. The zero-order valence-corrected chi connectivity index (χ0v) is 19.1. The van der Waals surface area contributed by atoms with Crippen molar-refractivity contribution >= 4 is 45.3 Å². The molecule has 2 aliphatic rings. The minimum absolute atomic E-state index is 0.00874. The third-order valence-electron chi connectivity index (χ3n) is 5.47. The highest BCUT2D eigenvalue weighted by molar-refractivity contribution is 7.99. The average molecular weight is 449 g/mol. The molecule has 2 N–H and O–H groups in total. The molecule has 30 heavy (non-hydrogen) atoms. The summed E-state index contributed by atoms with van der Waals surface area (Å²) >= 11 is 2.84. The molecule has 9 heteroatoms. The number of thioether (sulfide) groups is 1. The van der Waals surface area contributed by atoms with Gasteiger partial charge in [0.25, 0.3) is 5.56 Å². The van der Waals surface area contributed by atoms with E-state index < -0.39 is 6.03 Å². The second-order valence-electron chi connectivity index (χ2n) is 8.51. The predicted molar refractivity (Wildman–Crippen MR) is 120 cm³/mol. The summed E-state index contributed by atoms with van der Waals surface area (Å²) in [5, 5.41) is 6.43. The average Bonchev–Trinajstić information content (AvgIpc) is 3.42. The summed E-state index contributed by atoms with van der Waals surface area (Å²) in [4.78, 5) is 44.2. The number of carbonyl (C=O) groups is 2. The quantitative estimate of drug-likeness (QED) is 0.500. The van der Waals surface area contributed by atoms with Crippen molar-refractivity contribution in [3.05, 3.63) is 20.8 Å². The molecule has 0 aliphatic heterocycles. The van der Waals surface area contributed by atoms with E-state index in [0.717, 1.165) is 55.2 Å². The number of hydrogen-bond acceptors (Lipinski definition) is 6. The first kappa shape index (κ1) is 21.4. The number of imide groups is 1. The maximum absolute atomic E-state index is 13.4. The van der Waals surface area contributed by atoms with Crippen molar-refractivity contribution in [2.24, 2.45) is 5.92 Å². The number of rotatable bonds is 7. The Morgan fingerprint density at radius 3 is 2.77 bits per heavy atom. The highest BCUT2D eigenvalue weighted by Crippen LogP contribution is 2.34. The van der Waals surface area contributed by atoms with Crippen molar-refractivity contribution < 1.29 is 9.59 Å². The molecule has 0 unspecified atom stereocenters. The van der Waals surface area contributed by atoms with Crippen molar-refractivity contribution in [1.82, 2.24) is 20.2 Å². The molecule has 0 spiro atoms. The smallest absolute Gasteiger partial charge is 0.321 e. The summed E-state index contributed by atoms with van der Waals surface area (Å²) in [6, 6.07) is -0.254. The van der Waals surface area contributed by atoms with Crippen LogP contribution >= 0.6 is 23.1 Å². The van der Waals surface area contributed by atoms with Crippen LogP contribution in [-0.4, -0.2) is 33.3 Å². The van der Waals surface area contributed by atoms with Gasteiger partial charge in [0.05, 0.1) is 11.1 Å². The number of nitrogens with one attached hydrogen (secondary N) is 2. The molecule has 0 atom stereocenters. The van der Waals surface area contributed by atoms with Crippen molar-refractivity contribution in [3.63, 3.8) is 0 Å². The molecule has 0 radical (unpaired) electrons. The molecule has 2 aromatic rings. The molecule has 0 bridgehead atoms. The number of nitrogens with zero attached hydrogens (tertiary/aromatic N) is 2. The van der Waals surface area contributed by atoms with E-state index in [1.807, 2.05) is 0 Å². The number of amides is 3. The molecular formula is C21H28N4O3S2. The van der Waals surface area contributed by atoms with Gasteiger partial charge in [-0.15, -0.1) is 11.3 Å². The summed E-state index contributed by atoms with van der Waals surface area (Å²) in [6.07, 6.45) is 7.03. The summed E-state index contributed by atoms with van der Waals surface area (Å²) in [6.45, 7) is 4.83. The van der Waals surface area contributed by atoms with Gasteiger partial charge in [0.15, 0.2) is 5.16 Å². The molecule has 1 fully saturated rings. The van der Waals surface area contributed by atoms with E-state index >= 15 is 0 Å². The second-order valence-corrected chi connectivity index (χ2v) is 10.5. The van der Waals surface area contributed by atoms with Crippen LogP contribution in [0, 0.1) is 5.92 Å². The Morgan fingerprint density at radius 2 is 2.03 bits per heavy atom. The Balaban J connectivity index is 1.56. The molecule has 3 amide bonds. The van der Waals surface area contributed by atoms with Gasteiger partial charge >= 0.3 is 6.03 Å². The van der Waals surface area contributed by atoms with Gasteiger partial charge in [-0.2, -0.15) is 0 Å². The number of aryl methyl sites for hydroxylation is 2. The molecule has 7 nitrogen and oxygen atoms in total. The van der Waals surface area contributed by atoms with E-state index in [9.17, 15) is 14.4 Å². The lowest BCUT2D eigenvalue weighted by Gasteiger charge is -2.14. The molecule has 0 saturated heterocycles. The molecule has 162 valence electrons. The van der Waals surface area contributed by atoms with Gasteiger partial charge < -0.3 is 5.32 Å². The van der Waals surface area contributed by atoms with E-state index in [2.05, 4.69) is 24.5 Å². The van der Waals surface area contributed by atoms with Crippen molar-refractivity contribution in [2.45, 2.75) is 76.5 Å². The largest absolute Gasteiger partial charge is 0.335 e. The zero-order valence-electron chi connectivity index (χ0n) is 17.5. The van der Waals surface area contributed by atoms with Gasteiger partial charge in [-0.05, 0) is 56.4 Å². The van der Waals surface area contributed by atoms with E-state index in [4.69, 9.17) is 4.98 Å². The maximum atomic E-state index is 13.4. The van der Waals surface area contributed by atoms with Crippen molar-refractivity contribution in [3.8, 4) is 0 Å². The Bertz CT molecular complexity index is 1020. The third-order valence-corrected chi connectivity index (χ3v) is 7.63. The van der Waals surface area contributed by atoms with Crippen molar-refractivity contribution in [2.75, 3.05) is 5.75 Å². The minimum atomic E-state index is -0.449. The highest BCUT2D eigenvalue weighted by Gasteiger charge is 2.25. The topological polar surface area (TPSA) is 93.1 Å². The SMILES string of the molecule is CC(C)CCn1c(SCC(=O)NC(=O)NC2CC2)nc2sc3c(c2c1=O)CCCC3. The molecule has 2 aromatic heterocycles. The minimum Gasteiger partial charge on any atom is -0.335 e. The summed E-state index contributed by atoms with van der Waals surface area (Å²) in [5.41, 5.74) is 1.19. The first-order valence-electron chi connectivity index (χ1n) is 10.7. The Morgan fingerprint density at radius 1 is 1.27 bits per heavy atom. The first-order valence-corrected chi connectivity index (χ1v) is 12.5. The Hall–Kier alpha value is -1.87. The van der Waals surface area contributed by atoms with Gasteiger partial charge in [-0.25, -0.2) is 9.78 Å². The monoisotopic (exact) mass is 448 g/mol. The zero-order chi connectivity index (χ0) is 21.3. The molecule has 2 heterocycles. The van der Waals surface area contributed by atoms with E-state index in [-0.39, 0.29) is 23.3 Å². The van der Waals surface area contributed by atoms with E-state index in [0.29, 0.717) is 17.6 Å². The van der Waals surface area contributed by atoms with Gasteiger partial charge in [-0.1, -0.05) is 25.6 Å². The van der Waals surface area contributed by atoms with Gasteiger partial charge in [0, 0.05) is 17.5 Å². The number of aromatic nitrogens is 2. The van der Waals surface area contributed by atoms with Crippen LogP contribution in [0.25, 0.3) is 10.2 Å². The van der Waals surface area contributed by atoms with Crippen LogP contribution < -0.4 is 16.2 Å². The summed E-state index contributed by atoms with van der Waals surface area (Å²) in [7, 11) is 0. The number of thiophene rings is 1. The van der Waals surface area contributed by atoms with Gasteiger partial charge in [-0.3, -0.25) is 19.5 Å². The van der Waals surface area contributed by atoms with Crippen LogP contribution in [0.3, 0.4) is 0 Å². The van der Waals surface area contributed by atoms with Crippen LogP contribution in [0.15, 0.2) is 9.95 Å². The molecular weight excluding hydrogens is 420 g/mol. The van der Waals surface area contributed by atoms with Gasteiger partial charge in [0.1, 0.15) is 4.83 Å². The maximum Gasteiger partial charge on any atom is 0.321 e. The van der Waals surface area contributed by atoms with Crippen LogP contribution in [0.5, 0.6) is 0 Å².